The summed E-state index contributed by atoms with van der Waals surface area (Å²) >= 11 is 0. The second kappa shape index (κ2) is 15.7. The number of ether oxygens (including phenoxy) is 4. The number of anilines is 2. The van der Waals surface area contributed by atoms with E-state index in [-0.39, 0.29) is 41.8 Å². The smallest absolute Gasteiger partial charge is 0.338 e. The number of hydrogen-bond acceptors (Lipinski definition) is 10. The quantitative estimate of drug-likeness (QED) is 0.246. The first-order chi connectivity index (χ1) is 23.7. The number of carbonyl (C=O) groups is 3. The first-order valence-corrected chi connectivity index (χ1v) is 15.6. The summed E-state index contributed by atoms with van der Waals surface area (Å²) in [5.41, 5.74) is 5.46. The van der Waals surface area contributed by atoms with Gasteiger partial charge in [-0.05, 0) is 60.4 Å². The fraction of sp³-hybridized carbons (Fsp3) is 0.270. The van der Waals surface area contributed by atoms with E-state index in [4.69, 9.17) is 23.9 Å². The molecule has 49 heavy (non-hydrogen) atoms. The Morgan fingerprint density at radius 2 is 1.86 bits per heavy atom. The summed E-state index contributed by atoms with van der Waals surface area (Å²) in [6, 6.07) is 21.8. The Balaban J connectivity index is 1.43. The fourth-order valence-corrected chi connectivity index (χ4v) is 5.23. The molecule has 0 saturated heterocycles. The second-order valence-electron chi connectivity index (χ2n) is 11.5. The van der Waals surface area contributed by atoms with Crippen molar-refractivity contribution >= 4 is 29.2 Å². The average molecular weight is 664 g/mol. The van der Waals surface area contributed by atoms with Crippen molar-refractivity contribution in [2.75, 3.05) is 52.1 Å². The van der Waals surface area contributed by atoms with E-state index < -0.39 is 5.97 Å². The van der Waals surface area contributed by atoms with Crippen LogP contribution < -0.4 is 24.8 Å². The molecule has 2 N–H and O–H groups in total. The molecule has 2 heterocycles. The van der Waals surface area contributed by atoms with E-state index >= 15 is 0 Å². The van der Waals surface area contributed by atoms with Crippen molar-refractivity contribution in [3.05, 3.63) is 94.5 Å². The second-order valence-corrected chi connectivity index (χ2v) is 11.5. The molecule has 1 aliphatic heterocycles. The summed E-state index contributed by atoms with van der Waals surface area (Å²) in [5, 5.41) is 15.3. The van der Waals surface area contributed by atoms with E-state index in [9.17, 15) is 19.6 Å². The van der Waals surface area contributed by atoms with Crippen molar-refractivity contribution in [3.8, 4) is 34.7 Å². The van der Waals surface area contributed by atoms with Crippen LogP contribution in [0.25, 0.3) is 11.3 Å². The van der Waals surface area contributed by atoms with E-state index in [1.165, 1.54) is 24.1 Å². The zero-order chi connectivity index (χ0) is 34.9. The standard InChI is InChI=1S/C37H37N5O7/c1-39-30-16-28(37(45)46-4)18-32(48-22-35(44)42(2)3)36(30)41-33(43)19-26-13-12-25-17-31(26)47-14-6-7-24-15-23(20-38)10-11-27(24)21-49-34-9-5-8-29(25)40-34/h5,8-13,15-18,39H,6-7,14,19,21-22H2,1-4H3,(H,41,43). The van der Waals surface area contributed by atoms with E-state index in [2.05, 4.69) is 16.7 Å². The molecule has 4 aromatic rings. The van der Waals surface area contributed by atoms with Crippen LogP contribution in [0.3, 0.4) is 0 Å². The van der Waals surface area contributed by atoms with Crippen molar-refractivity contribution in [1.29, 1.82) is 5.26 Å². The molecule has 0 spiro atoms. The van der Waals surface area contributed by atoms with Crippen LogP contribution in [-0.4, -0.2) is 69.1 Å². The topological polar surface area (TPSA) is 152 Å². The lowest BCUT2D eigenvalue weighted by Crippen LogP contribution is -2.28. The lowest BCUT2D eigenvalue weighted by atomic mass is 10.0. The van der Waals surface area contributed by atoms with E-state index in [1.54, 1.807) is 33.3 Å². The molecule has 12 nitrogen and oxygen atoms in total. The van der Waals surface area contributed by atoms with E-state index in [0.717, 1.165) is 16.7 Å². The molecule has 0 saturated carbocycles. The van der Waals surface area contributed by atoms with Gasteiger partial charge in [-0.2, -0.15) is 5.26 Å². The van der Waals surface area contributed by atoms with Gasteiger partial charge in [0, 0.05) is 38.3 Å². The van der Waals surface area contributed by atoms with Crippen LogP contribution in [0.2, 0.25) is 0 Å². The van der Waals surface area contributed by atoms with Crippen LogP contribution in [0.4, 0.5) is 11.4 Å². The molecular formula is C37H37N5O7. The van der Waals surface area contributed by atoms with Crippen LogP contribution >= 0.6 is 0 Å². The fourth-order valence-electron chi connectivity index (χ4n) is 5.23. The van der Waals surface area contributed by atoms with Gasteiger partial charge in [0.2, 0.25) is 11.8 Å². The van der Waals surface area contributed by atoms with Crippen molar-refractivity contribution in [2.45, 2.75) is 25.9 Å². The number of benzene rings is 3. The Labute approximate surface area is 284 Å². The molecule has 1 aromatic heterocycles. The van der Waals surface area contributed by atoms with E-state index in [1.807, 2.05) is 42.5 Å². The number of nitrogens with zero attached hydrogens (tertiary/aromatic N) is 3. The number of nitriles is 1. The van der Waals surface area contributed by atoms with E-state index in [0.29, 0.717) is 60.2 Å². The molecule has 0 radical (unpaired) electrons. The number of aryl methyl sites for hydroxylation is 1. The van der Waals surface area contributed by atoms with Gasteiger partial charge in [0.15, 0.2) is 6.61 Å². The molecule has 5 rings (SSSR count). The molecule has 0 atom stereocenters. The highest BCUT2D eigenvalue weighted by Gasteiger charge is 2.21. The number of nitrogens with one attached hydrogen (secondary N) is 2. The maximum atomic E-state index is 13.6. The Hall–Kier alpha value is -6.09. The van der Waals surface area contributed by atoms with Gasteiger partial charge in [0.1, 0.15) is 23.8 Å². The average Bonchev–Trinajstić information content (AvgIpc) is 3.11. The van der Waals surface area contributed by atoms with Crippen LogP contribution in [0.5, 0.6) is 17.4 Å². The molecule has 12 heteroatoms. The zero-order valence-corrected chi connectivity index (χ0v) is 27.8. The number of rotatable bonds is 8. The molecule has 4 bridgehead atoms. The third kappa shape index (κ3) is 8.44. The number of esters is 1. The van der Waals surface area contributed by atoms with Gasteiger partial charge in [0.05, 0.1) is 48.7 Å². The SMILES string of the molecule is CNc1cc(C(=O)OC)cc(OCC(=O)N(C)C)c1NC(=O)Cc1ccc2cc1OCCCc1cc(C#N)ccc1COc1cccc-2n1. The van der Waals surface area contributed by atoms with Gasteiger partial charge >= 0.3 is 5.97 Å². The van der Waals surface area contributed by atoms with Gasteiger partial charge in [-0.1, -0.05) is 24.3 Å². The number of methoxy groups -OCH3 is 1. The number of likely N-dealkylation sites (N-methyl/N-ethyl adjacent to an activating group) is 1. The highest BCUT2D eigenvalue weighted by molar-refractivity contribution is 6.00. The summed E-state index contributed by atoms with van der Waals surface area (Å²) < 4.78 is 23.0. The van der Waals surface area contributed by atoms with Crippen molar-refractivity contribution in [3.63, 3.8) is 0 Å². The van der Waals surface area contributed by atoms with Crippen molar-refractivity contribution < 1.29 is 33.3 Å². The summed E-state index contributed by atoms with van der Waals surface area (Å²) in [4.78, 5) is 44.4. The van der Waals surface area contributed by atoms with Crippen LogP contribution in [-0.2, 0) is 33.8 Å². The Bertz CT molecular complexity index is 1920. The minimum Gasteiger partial charge on any atom is -0.493 e. The van der Waals surface area contributed by atoms with Gasteiger partial charge < -0.3 is 34.5 Å². The van der Waals surface area contributed by atoms with Crippen LogP contribution in [0.15, 0.2) is 66.7 Å². The van der Waals surface area contributed by atoms with Crippen LogP contribution in [0.1, 0.15) is 39.0 Å². The predicted octanol–water partition coefficient (Wildman–Crippen LogP) is 5.00. The van der Waals surface area contributed by atoms with Gasteiger partial charge in [-0.15, -0.1) is 0 Å². The molecule has 2 amide bonds. The Morgan fingerprint density at radius 3 is 2.61 bits per heavy atom. The lowest BCUT2D eigenvalue weighted by Gasteiger charge is -2.19. The maximum absolute atomic E-state index is 13.6. The predicted molar refractivity (Wildman–Crippen MR) is 183 cm³/mol. The third-order valence-corrected chi connectivity index (χ3v) is 7.90. The van der Waals surface area contributed by atoms with Gasteiger partial charge in [-0.25, -0.2) is 9.78 Å². The minimum absolute atomic E-state index is 0.0570. The number of aromatic nitrogens is 1. The minimum atomic E-state index is -0.605. The normalized spacial score (nSPS) is 12.1. The highest BCUT2D eigenvalue weighted by Crippen LogP contribution is 2.36. The third-order valence-electron chi connectivity index (χ3n) is 7.90. The molecular weight excluding hydrogens is 626 g/mol. The monoisotopic (exact) mass is 663 g/mol. The molecule has 3 aromatic carbocycles. The number of fused-ring (bicyclic) bond motifs is 6. The molecule has 0 unspecified atom stereocenters. The summed E-state index contributed by atoms with van der Waals surface area (Å²) in [5.74, 6) is -0.195. The number of amides is 2. The first kappa shape index (κ1) is 34.3. The Morgan fingerprint density at radius 1 is 1.02 bits per heavy atom. The van der Waals surface area contributed by atoms with Crippen LogP contribution in [0, 0.1) is 11.3 Å². The number of carbonyl (C=O) groups excluding carboxylic acids is 3. The molecule has 252 valence electrons. The first-order valence-electron chi connectivity index (χ1n) is 15.6. The highest BCUT2D eigenvalue weighted by atomic mass is 16.5. The lowest BCUT2D eigenvalue weighted by molar-refractivity contribution is -0.130. The van der Waals surface area contributed by atoms with Crippen molar-refractivity contribution in [2.24, 2.45) is 0 Å². The summed E-state index contributed by atoms with van der Waals surface area (Å²) in [6.07, 6.45) is 1.26. The summed E-state index contributed by atoms with van der Waals surface area (Å²) in [6.45, 7) is 0.363. The number of hydrogen-bond donors (Lipinski definition) is 2. The van der Waals surface area contributed by atoms with Crippen molar-refractivity contribution in [1.82, 2.24) is 9.88 Å². The Kier molecular flexibility index (Phi) is 11.0. The zero-order valence-electron chi connectivity index (χ0n) is 27.8. The summed E-state index contributed by atoms with van der Waals surface area (Å²) in [7, 11) is 6.10. The molecule has 0 aliphatic carbocycles. The molecule has 0 fully saturated rings. The maximum Gasteiger partial charge on any atom is 0.338 e. The molecule has 1 aliphatic rings. The largest absolute Gasteiger partial charge is 0.493 e. The number of pyridine rings is 1. The van der Waals surface area contributed by atoms with Gasteiger partial charge in [-0.3, -0.25) is 9.59 Å². The van der Waals surface area contributed by atoms with Gasteiger partial charge in [0.25, 0.3) is 5.91 Å².